The predicted octanol–water partition coefficient (Wildman–Crippen LogP) is 7.12. The van der Waals surface area contributed by atoms with Gasteiger partial charge in [-0.3, -0.25) is 0 Å². The SMILES string of the molecule is Cc1cc2c(c3ccccc13)-c1ccc(-c3ccccc3)cc1C2(C)C. The molecule has 0 atom stereocenters. The first kappa shape index (κ1) is 15.4. The van der Waals surface area contributed by atoms with E-state index in [9.17, 15) is 0 Å². The highest BCUT2D eigenvalue weighted by Gasteiger charge is 2.36. The van der Waals surface area contributed by atoms with Crippen molar-refractivity contribution in [2.75, 3.05) is 0 Å². The molecule has 4 aromatic carbocycles. The van der Waals surface area contributed by atoms with Crippen molar-refractivity contribution in [1.82, 2.24) is 0 Å². The molecule has 1 aliphatic rings. The Kier molecular flexibility index (Phi) is 3.15. The summed E-state index contributed by atoms with van der Waals surface area (Å²) in [5.41, 5.74) is 9.66. The summed E-state index contributed by atoms with van der Waals surface area (Å²) < 4.78 is 0. The van der Waals surface area contributed by atoms with Crippen LogP contribution in [0.25, 0.3) is 33.0 Å². The first-order valence-electron chi connectivity index (χ1n) is 9.30. The van der Waals surface area contributed by atoms with E-state index in [-0.39, 0.29) is 5.41 Å². The largest absolute Gasteiger partial charge is 0.0622 e. The smallest absolute Gasteiger partial charge is 0.0159 e. The molecule has 0 spiro atoms. The second-order valence-electron chi connectivity index (χ2n) is 7.91. The fourth-order valence-corrected chi connectivity index (χ4v) is 4.57. The predicted molar refractivity (Wildman–Crippen MR) is 112 cm³/mol. The molecule has 0 saturated carbocycles. The Morgan fingerprint density at radius 1 is 0.615 bits per heavy atom. The second kappa shape index (κ2) is 5.32. The molecular weight excluding hydrogens is 312 g/mol. The summed E-state index contributed by atoms with van der Waals surface area (Å²) in [5, 5.41) is 2.74. The zero-order valence-electron chi connectivity index (χ0n) is 15.5. The van der Waals surface area contributed by atoms with E-state index in [0.717, 1.165) is 0 Å². The minimum atomic E-state index is 0.0181. The minimum Gasteiger partial charge on any atom is -0.0622 e. The molecule has 0 nitrogen and oxygen atoms in total. The third kappa shape index (κ3) is 2.02. The van der Waals surface area contributed by atoms with Gasteiger partial charge in [0.05, 0.1) is 0 Å². The maximum absolute atomic E-state index is 2.40. The quantitative estimate of drug-likeness (QED) is 0.347. The van der Waals surface area contributed by atoms with Crippen molar-refractivity contribution < 1.29 is 0 Å². The van der Waals surface area contributed by atoms with Crippen molar-refractivity contribution in [3.05, 3.63) is 95.6 Å². The van der Waals surface area contributed by atoms with Crippen LogP contribution in [0, 0.1) is 6.92 Å². The maximum Gasteiger partial charge on any atom is 0.0159 e. The molecule has 26 heavy (non-hydrogen) atoms. The summed E-state index contributed by atoms with van der Waals surface area (Å²) in [6.07, 6.45) is 0. The molecule has 0 bridgehead atoms. The molecule has 0 aliphatic heterocycles. The number of rotatable bonds is 1. The van der Waals surface area contributed by atoms with Gasteiger partial charge in [0.25, 0.3) is 0 Å². The number of hydrogen-bond acceptors (Lipinski definition) is 0. The molecule has 0 saturated heterocycles. The van der Waals surface area contributed by atoms with E-state index in [0.29, 0.717) is 0 Å². The van der Waals surface area contributed by atoms with E-state index >= 15 is 0 Å². The highest BCUT2D eigenvalue weighted by Crippen LogP contribution is 2.52. The molecule has 0 heterocycles. The standard InChI is InChI=1S/C26H22/c1-17-15-24-25(21-12-8-7-11-20(17)21)22-14-13-19(16-23(22)26(24,2)3)18-9-5-4-6-10-18/h4-16H,1-3H3. The molecule has 4 aromatic rings. The average Bonchev–Trinajstić information content (AvgIpc) is 2.90. The molecular formula is C26H22. The van der Waals surface area contributed by atoms with Gasteiger partial charge in [0.1, 0.15) is 0 Å². The van der Waals surface area contributed by atoms with Crippen molar-refractivity contribution in [2.45, 2.75) is 26.2 Å². The molecule has 0 radical (unpaired) electrons. The fraction of sp³-hybridized carbons (Fsp3) is 0.154. The Hall–Kier alpha value is -2.86. The lowest BCUT2D eigenvalue weighted by molar-refractivity contribution is 0.660. The summed E-state index contributed by atoms with van der Waals surface area (Å²) in [7, 11) is 0. The minimum absolute atomic E-state index is 0.0181. The molecule has 0 heteroatoms. The first-order valence-corrected chi connectivity index (χ1v) is 9.30. The number of fused-ring (bicyclic) bond motifs is 5. The van der Waals surface area contributed by atoms with Crippen molar-refractivity contribution in [2.24, 2.45) is 0 Å². The molecule has 0 fully saturated rings. The Morgan fingerprint density at radius 2 is 1.31 bits per heavy atom. The van der Waals surface area contributed by atoms with Gasteiger partial charge in [0.15, 0.2) is 0 Å². The lowest BCUT2D eigenvalue weighted by Gasteiger charge is -2.23. The van der Waals surface area contributed by atoms with Crippen molar-refractivity contribution in [1.29, 1.82) is 0 Å². The van der Waals surface area contributed by atoms with E-state index in [1.165, 1.54) is 49.7 Å². The van der Waals surface area contributed by atoms with Crippen LogP contribution in [0.3, 0.4) is 0 Å². The number of hydrogen-bond donors (Lipinski definition) is 0. The molecule has 0 N–H and O–H groups in total. The number of benzene rings is 4. The van der Waals surface area contributed by atoms with Crippen LogP contribution in [0.2, 0.25) is 0 Å². The first-order chi connectivity index (χ1) is 12.6. The topological polar surface area (TPSA) is 0 Å². The van der Waals surface area contributed by atoms with Crippen LogP contribution >= 0.6 is 0 Å². The van der Waals surface area contributed by atoms with Crippen molar-refractivity contribution in [3.8, 4) is 22.3 Å². The molecule has 0 unspecified atom stereocenters. The average molecular weight is 334 g/mol. The fourth-order valence-electron chi connectivity index (χ4n) is 4.57. The lowest BCUT2D eigenvalue weighted by Crippen LogP contribution is -2.15. The van der Waals surface area contributed by atoms with Gasteiger partial charge in [-0.15, -0.1) is 0 Å². The van der Waals surface area contributed by atoms with Crippen LogP contribution in [-0.4, -0.2) is 0 Å². The van der Waals surface area contributed by atoms with E-state index < -0.39 is 0 Å². The summed E-state index contributed by atoms with van der Waals surface area (Å²) >= 11 is 0. The third-order valence-corrected chi connectivity index (χ3v) is 5.99. The Balaban J connectivity index is 1.83. The van der Waals surface area contributed by atoms with Crippen LogP contribution in [0.1, 0.15) is 30.5 Å². The van der Waals surface area contributed by atoms with Gasteiger partial charge >= 0.3 is 0 Å². The number of aryl methyl sites for hydroxylation is 1. The van der Waals surface area contributed by atoms with Gasteiger partial charge in [-0.2, -0.15) is 0 Å². The van der Waals surface area contributed by atoms with Crippen molar-refractivity contribution >= 4 is 10.8 Å². The van der Waals surface area contributed by atoms with Crippen LogP contribution in [0.4, 0.5) is 0 Å². The van der Waals surface area contributed by atoms with E-state index in [1.54, 1.807) is 0 Å². The van der Waals surface area contributed by atoms with Gasteiger partial charge in [0.2, 0.25) is 0 Å². The second-order valence-corrected chi connectivity index (χ2v) is 7.91. The van der Waals surface area contributed by atoms with Gasteiger partial charge in [-0.1, -0.05) is 86.6 Å². The Labute approximate surface area is 155 Å². The summed E-state index contributed by atoms with van der Waals surface area (Å²) in [6, 6.07) is 28.9. The van der Waals surface area contributed by atoms with Crippen LogP contribution in [0.5, 0.6) is 0 Å². The Morgan fingerprint density at radius 3 is 2.08 bits per heavy atom. The molecule has 0 amide bonds. The zero-order valence-corrected chi connectivity index (χ0v) is 15.5. The summed E-state index contributed by atoms with van der Waals surface area (Å²) in [5.74, 6) is 0. The van der Waals surface area contributed by atoms with Gasteiger partial charge < -0.3 is 0 Å². The van der Waals surface area contributed by atoms with Crippen LogP contribution in [-0.2, 0) is 5.41 Å². The maximum atomic E-state index is 2.40. The Bertz CT molecular complexity index is 1150. The van der Waals surface area contributed by atoms with E-state index in [2.05, 4.69) is 99.6 Å². The van der Waals surface area contributed by atoms with Crippen LogP contribution in [0.15, 0.2) is 78.9 Å². The highest BCUT2D eigenvalue weighted by atomic mass is 14.4. The highest BCUT2D eigenvalue weighted by molar-refractivity contribution is 6.04. The summed E-state index contributed by atoms with van der Waals surface area (Å²) in [4.78, 5) is 0. The third-order valence-electron chi connectivity index (χ3n) is 5.99. The van der Waals surface area contributed by atoms with Crippen molar-refractivity contribution in [3.63, 3.8) is 0 Å². The lowest BCUT2D eigenvalue weighted by atomic mass is 9.80. The zero-order chi connectivity index (χ0) is 17.9. The molecule has 1 aliphatic carbocycles. The normalized spacial score (nSPS) is 14.3. The van der Waals surface area contributed by atoms with Gasteiger partial charge in [0, 0.05) is 5.41 Å². The van der Waals surface area contributed by atoms with Gasteiger partial charge in [-0.25, -0.2) is 0 Å². The molecule has 126 valence electrons. The van der Waals surface area contributed by atoms with Gasteiger partial charge in [-0.05, 0) is 62.7 Å². The molecule has 0 aromatic heterocycles. The monoisotopic (exact) mass is 334 g/mol. The van der Waals surface area contributed by atoms with E-state index in [1.807, 2.05) is 0 Å². The van der Waals surface area contributed by atoms with E-state index in [4.69, 9.17) is 0 Å². The molecule has 5 rings (SSSR count). The summed E-state index contributed by atoms with van der Waals surface area (Å²) in [6.45, 7) is 6.96. The van der Waals surface area contributed by atoms with Crippen LogP contribution < -0.4 is 0 Å².